The molecule has 1 atom stereocenters. The number of phosphoric ester groups is 1. The number of hydrogen-bond donors (Lipinski definition) is 4. The van der Waals surface area contributed by atoms with Gasteiger partial charge in [-0.15, -0.1) is 0 Å². The van der Waals surface area contributed by atoms with Crippen LogP contribution in [0.1, 0.15) is 20.3 Å². The molecule has 0 aromatic rings. The molecular formula is C11H21N2Na2O7PS. The molecule has 0 fully saturated rings. The van der Waals surface area contributed by atoms with Crippen molar-refractivity contribution in [3.8, 4) is 0 Å². The number of aliphatic hydroxyl groups excluding tert-OH is 1. The second-order valence-electron chi connectivity index (χ2n) is 5.23. The van der Waals surface area contributed by atoms with E-state index in [1.807, 2.05) is 0 Å². The number of aliphatic hydroxyl groups is 1. The van der Waals surface area contributed by atoms with Gasteiger partial charge in [-0.1, -0.05) is 13.8 Å². The molecule has 0 bridgehead atoms. The summed E-state index contributed by atoms with van der Waals surface area (Å²) in [4.78, 5) is 43.9. The molecule has 13 heteroatoms. The number of carbonyl (C=O) groups excluding carboxylic acids is 2. The van der Waals surface area contributed by atoms with Crippen molar-refractivity contribution in [2.45, 2.75) is 26.4 Å². The molecule has 2 amide bonds. The Morgan fingerprint density at radius 2 is 1.79 bits per heavy atom. The summed E-state index contributed by atoms with van der Waals surface area (Å²) < 4.78 is 14.5. The number of phosphoric acid groups is 1. The third kappa shape index (κ3) is 14.5. The van der Waals surface area contributed by atoms with Crippen molar-refractivity contribution < 1.29 is 92.7 Å². The van der Waals surface area contributed by atoms with Gasteiger partial charge >= 0.3 is 59.1 Å². The normalized spacial score (nSPS) is 12.4. The van der Waals surface area contributed by atoms with Crippen LogP contribution in [-0.4, -0.2) is 48.5 Å². The molecule has 0 heterocycles. The van der Waals surface area contributed by atoms with Gasteiger partial charge in [0.2, 0.25) is 11.8 Å². The zero-order chi connectivity index (χ0) is 17.4. The molecule has 0 unspecified atom stereocenters. The van der Waals surface area contributed by atoms with E-state index in [-0.39, 0.29) is 78.0 Å². The van der Waals surface area contributed by atoms with Crippen LogP contribution in [0, 0.1) is 5.41 Å². The first-order valence-electron chi connectivity index (χ1n) is 6.49. The quantitative estimate of drug-likeness (QED) is 0.161. The van der Waals surface area contributed by atoms with Gasteiger partial charge in [-0.2, -0.15) is 12.6 Å². The number of carbonyl (C=O) groups is 2. The fraction of sp³-hybridized carbons (Fsp3) is 0.818. The molecule has 0 saturated heterocycles. The molecule has 0 spiro atoms. The summed E-state index contributed by atoms with van der Waals surface area (Å²) in [6, 6.07) is 0. The zero-order valence-corrected chi connectivity index (χ0v) is 20.2. The van der Waals surface area contributed by atoms with Crippen molar-refractivity contribution in [1.29, 1.82) is 0 Å². The maximum absolute atomic E-state index is 11.7. The molecule has 0 aliphatic heterocycles. The van der Waals surface area contributed by atoms with Gasteiger partial charge in [0.1, 0.15) is 6.10 Å². The third-order valence-electron chi connectivity index (χ3n) is 2.67. The number of nitrogens with one attached hydrogen (secondary N) is 2. The molecule has 0 radical (unpaired) electrons. The van der Waals surface area contributed by atoms with E-state index < -0.39 is 31.9 Å². The zero-order valence-electron chi connectivity index (χ0n) is 14.4. The summed E-state index contributed by atoms with van der Waals surface area (Å²) >= 11 is 3.92. The Hall–Kier alpha value is 1.36. The molecule has 130 valence electrons. The fourth-order valence-electron chi connectivity index (χ4n) is 1.36. The molecule has 0 rings (SSSR count). The van der Waals surface area contributed by atoms with Crippen LogP contribution in [0.2, 0.25) is 0 Å². The molecule has 0 aliphatic carbocycles. The van der Waals surface area contributed by atoms with Gasteiger partial charge < -0.3 is 34.6 Å². The number of hydrogen-bond acceptors (Lipinski definition) is 8. The second-order valence-corrected chi connectivity index (χ2v) is 6.83. The van der Waals surface area contributed by atoms with Crippen LogP contribution in [0.4, 0.5) is 0 Å². The van der Waals surface area contributed by atoms with E-state index in [2.05, 4.69) is 27.8 Å². The largest absolute Gasteiger partial charge is 1.00 e. The first-order valence-corrected chi connectivity index (χ1v) is 8.59. The molecule has 0 aromatic heterocycles. The minimum absolute atomic E-state index is 0. The van der Waals surface area contributed by atoms with Crippen molar-refractivity contribution in [1.82, 2.24) is 10.6 Å². The van der Waals surface area contributed by atoms with E-state index in [1.54, 1.807) is 0 Å². The second kappa shape index (κ2) is 14.4. The Labute approximate surface area is 191 Å². The summed E-state index contributed by atoms with van der Waals surface area (Å²) in [5, 5.41) is 14.7. The van der Waals surface area contributed by atoms with E-state index in [9.17, 15) is 29.0 Å². The van der Waals surface area contributed by atoms with E-state index in [1.165, 1.54) is 13.8 Å². The standard InChI is InChI=1S/C11H23N2O7PS.2Na/c1-11(2,7-20-21(17,18)19)9(15)10(16)13-4-3-8(14)12-5-6-22;;/h9,15,22H,3-7H2,1-2H3,(H,12,14)(H,13,16)(H2,17,18,19);;/q;2*+1/p-2/t9-;;/m0../s1. The van der Waals surface area contributed by atoms with Crippen LogP contribution in [-0.2, 0) is 18.7 Å². The average Bonchev–Trinajstić information content (AvgIpc) is 2.41. The maximum atomic E-state index is 11.7. The van der Waals surface area contributed by atoms with Gasteiger partial charge in [0.25, 0.3) is 0 Å². The van der Waals surface area contributed by atoms with Crippen LogP contribution >= 0.6 is 20.5 Å². The summed E-state index contributed by atoms with van der Waals surface area (Å²) in [6.07, 6.45) is -1.57. The molecule has 0 saturated carbocycles. The van der Waals surface area contributed by atoms with Crippen molar-refractivity contribution in [3.63, 3.8) is 0 Å². The predicted molar refractivity (Wildman–Crippen MR) is 77.8 cm³/mol. The topological polar surface area (TPSA) is 151 Å². The smallest absolute Gasteiger partial charge is 0.790 e. The third-order valence-corrected chi connectivity index (χ3v) is 3.34. The summed E-state index contributed by atoms with van der Waals surface area (Å²) in [5.74, 6) is -0.568. The summed E-state index contributed by atoms with van der Waals surface area (Å²) in [5.41, 5.74) is -1.29. The van der Waals surface area contributed by atoms with Crippen molar-refractivity contribution in [3.05, 3.63) is 0 Å². The average molecular weight is 402 g/mol. The Bertz CT molecular complexity index is 437. The van der Waals surface area contributed by atoms with E-state index in [0.29, 0.717) is 12.3 Å². The van der Waals surface area contributed by atoms with Crippen molar-refractivity contribution >= 4 is 32.3 Å². The van der Waals surface area contributed by atoms with Crippen LogP contribution < -0.4 is 79.5 Å². The summed E-state index contributed by atoms with van der Waals surface area (Å²) in [6.45, 7) is 2.52. The van der Waals surface area contributed by atoms with Crippen LogP contribution in [0.15, 0.2) is 0 Å². The number of amides is 2. The minimum Gasteiger partial charge on any atom is -0.790 e. The number of rotatable bonds is 10. The first-order chi connectivity index (χ1) is 9.99. The minimum atomic E-state index is -5.18. The Morgan fingerprint density at radius 3 is 2.25 bits per heavy atom. The Kier molecular flexibility index (Phi) is 18.1. The molecule has 24 heavy (non-hydrogen) atoms. The molecular weight excluding hydrogens is 381 g/mol. The van der Waals surface area contributed by atoms with Gasteiger partial charge in [-0.05, 0) is 0 Å². The van der Waals surface area contributed by atoms with Crippen molar-refractivity contribution in [2.75, 3.05) is 25.4 Å². The first kappa shape index (κ1) is 30.1. The molecule has 3 N–H and O–H groups in total. The predicted octanol–water partition coefficient (Wildman–Crippen LogP) is -8.22. The Morgan fingerprint density at radius 1 is 1.25 bits per heavy atom. The van der Waals surface area contributed by atoms with Crippen LogP contribution in [0.5, 0.6) is 0 Å². The van der Waals surface area contributed by atoms with Gasteiger partial charge in [0, 0.05) is 30.7 Å². The molecule has 0 aromatic carbocycles. The van der Waals surface area contributed by atoms with E-state index in [0.717, 1.165) is 0 Å². The summed E-state index contributed by atoms with van der Waals surface area (Å²) in [7, 11) is -5.18. The monoisotopic (exact) mass is 402 g/mol. The van der Waals surface area contributed by atoms with Gasteiger partial charge in [0.05, 0.1) is 14.4 Å². The molecule has 9 nitrogen and oxygen atoms in total. The van der Waals surface area contributed by atoms with E-state index >= 15 is 0 Å². The van der Waals surface area contributed by atoms with Crippen LogP contribution in [0.25, 0.3) is 0 Å². The molecule has 0 aliphatic rings. The van der Waals surface area contributed by atoms with Crippen molar-refractivity contribution in [2.24, 2.45) is 5.41 Å². The number of thiol groups is 1. The van der Waals surface area contributed by atoms with Gasteiger partial charge in [-0.25, -0.2) is 0 Å². The van der Waals surface area contributed by atoms with Crippen LogP contribution in [0.3, 0.4) is 0 Å². The fourth-order valence-corrected chi connectivity index (χ4v) is 1.96. The van der Waals surface area contributed by atoms with Gasteiger partial charge in [-0.3, -0.25) is 9.59 Å². The van der Waals surface area contributed by atoms with E-state index in [4.69, 9.17) is 0 Å². The Balaban J connectivity index is -0.00000220. The SMILES string of the molecule is CC(C)(COP(=O)([O-])[O-])[C@@H](O)C(=O)NCCC(=O)NCCS.[Na+].[Na+]. The maximum Gasteiger partial charge on any atom is 1.00 e. The van der Waals surface area contributed by atoms with Gasteiger partial charge in [0.15, 0.2) is 0 Å².